The molecular weight excluding hydrogens is 308 g/mol. The molecule has 0 aromatic heterocycles. The van der Waals surface area contributed by atoms with E-state index < -0.39 is 12.0 Å². The molecule has 1 heterocycles. The van der Waals surface area contributed by atoms with E-state index in [-0.39, 0.29) is 17.4 Å². The van der Waals surface area contributed by atoms with Crippen molar-refractivity contribution in [2.75, 3.05) is 24.8 Å². The number of rotatable bonds is 6. The lowest BCUT2D eigenvalue weighted by atomic mass is 10.2. The van der Waals surface area contributed by atoms with Crippen LogP contribution in [0.4, 0.5) is 4.79 Å². The van der Waals surface area contributed by atoms with E-state index in [0.29, 0.717) is 11.7 Å². The predicted octanol–water partition coefficient (Wildman–Crippen LogP) is 2.42. The summed E-state index contributed by atoms with van der Waals surface area (Å²) in [6, 6.07) is -0.639. The van der Waals surface area contributed by atoms with Crippen molar-refractivity contribution in [3.05, 3.63) is 0 Å². The van der Waals surface area contributed by atoms with Crippen LogP contribution in [0.15, 0.2) is 0 Å². The Morgan fingerprint density at radius 3 is 2.62 bits per heavy atom. The zero-order valence-electron chi connectivity index (χ0n) is 12.8. The lowest BCUT2D eigenvalue weighted by Gasteiger charge is -2.35. The van der Waals surface area contributed by atoms with E-state index in [2.05, 4.69) is 6.92 Å². The van der Waals surface area contributed by atoms with E-state index in [1.807, 2.05) is 6.26 Å². The van der Waals surface area contributed by atoms with Gasteiger partial charge in [0, 0.05) is 24.6 Å². The third-order valence-electron chi connectivity index (χ3n) is 4.25. The van der Waals surface area contributed by atoms with Gasteiger partial charge in [-0.25, -0.2) is 9.59 Å². The van der Waals surface area contributed by atoms with Gasteiger partial charge in [0.15, 0.2) is 0 Å². The second kappa shape index (κ2) is 7.13. The van der Waals surface area contributed by atoms with Gasteiger partial charge >= 0.3 is 12.0 Å². The third-order valence-corrected chi connectivity index (χ3v) is 6.43. The Balaban J connectivity index is 2.13. The first-order chi connectivity index (χ1) is 10.0. The average Bonchev–Trinajstić information content (AvgIpc) is 3.21. The molecule has 3 atom stereocenters. The molecule has 21 heavy (non-hydrogen) atoms. The van der Waals surface area contributed by atoms with Crippen LogP contribution in [-0.4, -0.2) is 69.2 Å². The molecule has 0 radical (unpaired) electrons. The van der Waals surface area contributed by atoms with Crippen molar-refractivity contribution in [1.82, 2.24) is 9.80 Å². The Hall–Kier alpha value is -0.560. The summed E-state index contributed by atoms with van der Waals surface area (Å²) < 4.78 is 0. The Kier molecular flexibility index (Phi) is 5.71. The molecule has 1 N–H and O–H groups in total. The van der Waals surface area contributed by atoms with Gasteiger partial charge in [0.25, 0.3) is 0 Å². The summed E-state index contributed by atoms with van der Waals surface area (Å²) in [5.41, 5.74) is 0. The number of aliphatic carboxylic acids is 1. The summed E-state index contributed by atoms with van der Waals surface area (Å²) in [6.45, 7) is 2.07. The molecule has 1 aliphatic heterocycles. The quantitative estimate of drug-likeness (QED) is 0.809. The number of carboxylic acid groups (broad SMARTS) is 1. The van der Waals surface area contributed by atoms with Crippen molar-refractivity contribution in [3.8, 4) is 0 Å². The molecule has 120 valence electrons. The lowest BCUT2D eigenvalue weighted by Crippen LogP contribution is -2.53. The van der Waals surface area contributed by atoms with Gasteiger partial charge < -0.3 is 10.0 Å². The third kappa shape index (κ3) is 3.62. The van der Waals surface area contributed by atoms with Crippen molar-refractivity contribution in [3.63, 3.8) is 0 Å². The topological polar surface area (TPSA) is 60.9 Å². The SMILES string of the molecule is CCC(CSC)N(C)C(=O)N1C(C(=O)O)CSC1C1CC1. The molecule has 5 nitrogen and oxygen atoms in total. The minimum Gasteiger partial charge on any atom is -0.480 e. The minimum absolute atomic E-state index is 0.0489. The number of urea groups is 1. The van der Waals surface area contributed by atoms with E-state index in [1.54, 1.807) is 40.4 Å². The summed E-state index contributed by atoms with van der Waals surface area (Å²) in [6.07, 6.45) is 5.13. The highest BCUT2D eigenvalue weighted by Gasteiger charge is 2.49. The fourth-order valence-electron chi connectivity index (χ4n) is 2.74. The van der Waals surface area contributed by atoms with Crippen LogP contribution in [0.5, 0.6) is 0 Å². The van der Waals surface area contributed by atoms with Crippen molar-refractivity contribution < 1.29 is 14.7 Å². The number of nitrogens with zero attached hydrogens (tertiary/aromatic N) is 2. The molecule has 2 aliphatic rings. The number of carbonyl (C=O) groups excluding carboxylic acids is 1. The Bertz CT molecular complexity index is 404. The summed E-state index contributed by atoms with van der Waals surface area (Å²) >= 11 is 3.34. The summed E-state index contributed by atoms with van der Waals surface area (Å²) in [4.78, 5) is 27.7. The molecule has 1 saturated carbocycles. The van der Waals surface area contributed by atoms with Crippen molar-refractivity contribution in [2.45, 2.75) is 43.6 Å². The van der Waals surface area contributed by atoms with Gasteiger partial charge in [-0.05, 0) is 31.4 Å². The first kappa shape index (κ1) is 16.8. The molecular formula is C14H24N2O3S2. The first-order valence-electron chi connectivity index (χ1n) is 7.39. The highest BCUT2D eigenvalue weighted by Crippen LogP contribution is 2.45. The van der Waals surface area contributed by atoms with Crippen molar-refractivity contribution >= 4 is 35.5 Å². The fourth-order valence-corrected chi connectivity index (χ4v) is 5.21. The number of hydrogen-bond acceptors (Lipinski definition) is 4. The second-order valence-corrected chi connectivity index (χ2v) is 7.79. The first-order valence-corrected chi connectivity index (χ1v) is 9.84. The molecule has 1 aliphatic carbocycles. The van der Waals surface area contributed by atoms with Crippen LogP contribution in [0.1, 0.15) is 26.2 Å². The van der Waals surface area contributed by atoms with E-state index in [0.717, 1.165) is 25.0 Å². The molecule has 2 amide bonds. The van der Waals surface area contributed by atoms with Crippen molar-refractivity contribution in [2.24, 2.45) is 5.92 Å². The molecule has 2 rings (SSSR count). The molecule has 0 spiro atoms. The molecule has 0 bridgehead atoms. The van der Waals surface area contributed by atoms with Crippen LogP contribution in [0.25, 0.3) is 0 Å². The molecule has 0 aromatic rings. The highest BCUT2D eigenvalue weighted by atomic mass is 32.2. The predicted molar refractivity (Wildman–Crippen MR) is 87.9 cm³/mol. The number of amides is 2. The average molecular weight is 332 g/mol. The van der Waals surface area contributed by atoms with Gasteiger partial charge in [-0.3, -0.25) is 4.90 Å². The Morgan fingerprint density at radius 1 is 1.48 bits per heavy atom. The van der Waals surface area contributed by atoms with Gasteiger partial charge in [0.1, 0.15) is 6.04 Å². The molecule has 1 saturated heterocycles. The fraction of sp³-hybridized carbons (Fsp3) is 0.857. The molecule has 0 aromatic carbocycles. The summed E-state index contributed by atoms with van der Waals surface area (Å²) in [7, 11) is 1.80. The monoisotopic (exact) mass is 332 g/mol. The second-order valence-electron chi connectivity index (χ2n) is 5.73. The maximum Gasteiger partial charge on any atom is 0.327 e. The van der Waals surface area contributed by atoms with Gasteiger partial charge in [-0.1, -0.05) is 6.92 Å². The molecule has 7 heteroatoms. The van der Waals surface area contributed by atoms with Gasteiger partial charge in [-0.15, -0.1) is 11.8 Å². The molecule has 3 unspecified atom stereocenters. The van der Waals surface area contributed by atoms with Crippen LogP contribution >= 0.6 is 23.5 Å². The Morgan fingerprint density at radius 2 is 2.14 bits per heavy atom. The van der Waals surface area contributed by atoms with Crippen LogP contribution in [0, 0.1) is 5.92 Å². The normalized spacial score (nSPS) is 26.7. The number of carbonyl (C=O) groups is 2. The summed E-state index contributed by atoms with van der Waals surface area (Å²) in [5, 5.41) is 9.45. The number of hydrogen-bond donors (Lipinski definition) is 1. The maximum atomic E-state index is 12.8. The van der Waals surface area contributed by atoms with Gasteiger partial charge in [0.05, 0.1) is 5.37 Å². The van der Waals surface area contributed by atoms with Crippen molar-refractivity contribution in [1.29, 1.82) is 0 Å². The maximum absolute atomic E-state index is 12.8. The van der Waals surface area contributed by atoms with Crippen LogP contribution in [-0.2, 0) is 4.79 Å². The zero-order chi connectivity index (χ0) is 15.6. The lowest BCUT2D eigenvalue weighted by molar-refractivity contribution is -0.141. The van der Waals surface area contributed by atoms with E-state index in [1.165, 1.54) is 0 Å². The number of carboxylic acids is 1. The smallest absolute Gasteiger partial charge is 0.327 e. The van der Waals surface area contributed by atoms with E-state index in [4.69, 9.17) is 0 Å². The molecule has 2 fully saturated rings. The highest BCUT2D eigenvalue weighted by molar-refractivity contribution is 8.00. The number of thioether (sulfide) groups is 2. The van der Waals surface area contributed by atoms with Gasteiger partial charge in [0.2, 0.25) is 0 Å². The Labute approximate surface area is 134 Å². The van der Waals surface area contributed by atoms with E-state index in [9.17, 15) is 14.7 Å². The van der Waals surface area contributed by atoms with Crippen LogP contribution in [0.3, 0.4) is 0 Å². The van der Waals surface area contributed by atoms with Crippen LogP contribution in [0.2, 0.25) is 0 Å². The summed E-state index contributed by atoms with van der Waals surface area (Å²) in [5.74, 6) is 0.990. The van der Waals surface area contributed by atoms with E-state index >= 15 is 0 Å². The van der Waals surface area contributed by atoms with Gasteiger partial charge in [-0.2, -0.15) is 11.8 Å². The minimum atomic E-state index is -0.884. The standard InChI is InChI=1S/C14H24N2O3S2/c1-4-10(7-20-3)15(2)14(19)16-11(13(17)18)8-21-12(16)9-5-6-9/h9-12H,4-8H2,1-3H3,(H,17,18). The van der Waals surface area contributed by atoms with Crippen LogP contribution < -0.4 is 0 Å². The largest absolute Gasteiger partial charge is 0.480 e. The zero-order valence-corrected chi connectivity index (χ0v) is 14.5.